The van der Waals surface area contributed by atoms with Crippen molar-refractivity contribution in [3.05, 3.63) is 64.2 Å². The van der Waals surface area contributed by atoms with E-state index >= 15 is 0 Å². The van der Waals surface area contributed by atoms with Crippen LogP contribution in [-0.4, -0.2) is 17.6 Å². The molecule has 0 radical (unpaired) electrons. The predicted molar refractivity (Wildman–Crippen MR) is 85.7 cm³/mol. The van der Waals surface area contributed by atoms with Gasteiger partial charge in [-0.2, -0.15) is 0 Å². The molecular formula is C16H19N3O3. The first-order valence-electron chi connectivity index (χ1n) is 7.03. The third kappa shape index (κ3) is 4.20. The summed E-state index contributed by atoms with van der Waals surface area (Å²) in [4.78, 5) is 10.3. The summed E-state index contributed by atoms with van der Waals surface area (Å²) in [6.45, 7) is 0.360. The fourth-order valence-electron chi connectivity index (χ4n) is 2.16. The molecule has 0 saturated heterocycles. The monoisotopic (exact) mass is 301 g/mol. The van der Waals surface area contributed by atoms with E-state index in [1.54, 1.807) is 12.1 Å². The number of nitro groups is 1. The normalized spacial score (nSPS) is 11.9. The van der Waals surface area contributed by atoms with Crippen molar-refractivity contribution in [2.45, 2.75) is 18.9 Å². The van der Waals surface area contributed by atoms with Crippen LogP contribution in [0.25, 0.3) is 0 Å². The molecular weight excluding hydrogens is 282 g/mol. The third-order valence-electron chi connectivity index (χ3n) is 3.33. The van der Waals surface area contributed by atoms with Crippen molar-refractivity contribution < 1.29 is 9.66 Å². The molecule has 0 aliphatic rings. The maximum Gasteiger partial charge on any atom is 0.295 e. The van der Waals surface area contributed by atoms with E-state index < -0.39 is 4.92 Å². The Morgan fingerprint density at radius 1 is 1.14 bits per heavy atom. The molecule has 22 heavy (non-hydrogen) atoms. The van der Waals surface area contributed by atoms with Gasteiger partial charge in [0.15, 0.2) is 5.69 Å². The van der Waals surface area contributed by atoms with Crippen LogP contribution in [0, 0.1) is 10.1 Å². The van der Waals surface area contributed by atoms with Crippen molar-refractivity contribution in [3.8, 4) is 5.75 Å². The van der Waals surface area contributed by atoms with Crippen LogP contribution in [0.3, 0.4) is 0 Å². The van der Waals surface area contributed by atoms with Crippen LogP contribution in [0.2, 0.25) is 0 Å². The van der Waals surface area contributed by atoms with Gasteiger partial charge in [-0.3, -0.25) is 10.1 Å². The molecule has 0 heterocycles. The Kier molecular flexibility index (Phi) is 5.32. The van der Waals surface area contributed by atoms with Gasteiger partial charge in [0.05, 0.1) is 11.5 Å². The van der Waals surface area contributed by atoms with Crippen molar-refractivity contribution in [2.24, 2.45) is 5.73 Å². The highest BCUT2D eigenvalue weighted by Crippen LogP contribution is 2.30. The molecule has 0 saturated carbocycles. The van der Waals surface area contributed by atoms with E-state index in [-0.39, 0.29) is 17.4 Å². The molecule has 0 aliphatic heterocycles. The molecule has 0 fully saturated rings. The first kappa shape index (κ1) is 15.8. The zero-order chi connectivity index (χ0) is 15.9. The average Bonchev–Trinajstić information content (AvgIpc) is 2.49. The highest BCUT2D eigenvalue weighted by Gasteiger charge is 2.15. The molecule has 116 valence electrons. The standard InChI is InChI=1S/C16H19N3O3/c17-13(11-12-5-2-1-3-6-12)9-10-22-15-8-4-7-14(16(15)18)19(20)21/h1-8,13H,9-11,17-18H2. The van der Waals surface area contributed by atoms with E-state index in [0.717, 1.165) is 6.42 Å². The van der Waals surface area contributed by atoms with Gasteiger partial charge in [0.2, 0.25) is 0 Å². The number of hydrogen-bond acceptors (Lipinski definition) is 5. The minimum atomic E-state index is -0.524. The fraction of sp³-hybridized carbons (Fsp3) is 0.250. The molecule has 0 aliphatic carbocycles. The topological polar surface area (TPSA) is 104 Å². The van der Waals surface area contributed by atoms with Gasteiger partial charge in [-0.05, 0) is 24.5 Å². The number of anilines is 1. The molecule has 0 spiro atoms. The summed E-state index contributed by atoms with van der Waals surface area (Å²) in [7, 11) is 0. The molecule has 4 N–H and O–H groups in total. The zero-order valence-electron chi connectivity index (χ0n) is 12.1. The minimum absolute atomic E-state index is 0.0395. The summed E-state index contributed by atoms with van der Waals surface area (Å²) in [5.74, 6) is 0.320. The number of rotatable bonds is 7. The van der Waals surface area contributed by atoms with Gasteiger partial charge in [0, 0.05) is 12.1 Å². The van der Waals surface area contributed by atoms with Crippen molar-refractivity contribution >= 4 is 11.4 Å². The fourth-order valence-corrected chi connectivity index (χ4v) is 2.16. The highest BCUT2D eigenvalue weighted by atomic mass is 16.6. The van der Waals surface area contributed by atoms with E-state index in [2.05, 4.69) is 0 Å². The average molecular weight is 301 g/mol. The van der Waals surface area contributed by atoms with Crippen molar-refractivity contribution in [2.75, 3.05) is 12.3 Å². The van der Waals surface area contributed by atoms with Crippen LogP contribution in [-0.2, 0) is 6.42 Å². The largest absolute Gasteiger partial charge is 0.491 e. The summed E-state index contributed by atoms with van der Waals surface area (Å²) >= 11 is 0. The summed E-state index contributed by atoms with van der Waals surface area (Å²) in [6.07, 6.45) is 1.39. The van der Waals surface area contributed by atoms with Crippen molar-refractivity contribution in [1.29, 1.82) is 0 Å². The van der Waals surface area contributed by atoms with E-state index in [1.165, 1.54) is 11.6 Å². The molecule has 0 amide bonds. The zero-order valence-corrected chi connectivity index (χ0v) is 12.1. The van der Waals surface area contributed by atoms with E-state index in [1.807, 2.05) is 30.3 Å². The lowest BCUT2D eigenvalue weighted by molar-refractivity contribution is -0.384. The Morgan fingerprint density at radius 3 is 2.55 bits per heavy atom. The highest BCUT2D eigenvalue weighted by molar-refractivity contribution is 5.66. The van der Waals surface area contributed by atoms with Crippen molar-refractivity contribution in [1.82, 2.24) is 0 Å². The summed E-state index contributed by atoms with van der Waals surface area (Å²) < 4.78 is 5.53. The van der Waals surface area contributed by atoms with E-state index in [4.69, 9.17) is 16.2 Å². The van der Waals surface area contributed by atoms with Crippen molar-refractivity contribution in [3.63, 3.8) is 0 Å². The maximum absolute atomic E-state index is 10.8. The lowest BCUT2D eigenvalue weighted by atomic mass is 10.0. The Labute approximate surface area is 128 Å². The maximum atomic E-state index is 10.8. The Balaban J connectivity index is 1.86. The molecule has 2 rings (SSSR count). The number of ether oxygens (including phenoxy) is 1. The number of nitrogens with two attached hydrogens (primary N) is 2. The molecule has 1 unspecified atom stereocenters. The molecule has 1 atom stereocenters. The quantitative estimate of drug-likeness (QED) is 0.464. The number of nitro benzene ring substituents is 1. The van der Waals surface area contributed by atoms with Crippen LogP contribution in [0.5, 0.6) is 5.75 Å². The van der Waals surface area contributed by atoms with Crippen LogP contribution < -0.4 is 16.2 Å². The van der Waals surface area contributed by atoms with Gasteiger partial charge in [-0.15, -0.1) is 0 Å². The van der Waals surface area contributed by atoms with E-state index in [0.29, 0.717) is 18.8 Å². The second-order valence-corrected chi connectivity index (χ2v) is 5.03. The van der Waals surface area contributed by atoms with E-state index in [9.17, 15) is 10.1 Å². The molecule has 0 aromatic heterocycles. The van der Waals surface area contributed by atoms with Gasteiger partial charge in [-0.1, -0.05) is 36.4 Å². The lowest BCUT2D eigenvalue weighted by Crippen LogP contribution is -2.25. The van der Waals surface area contributed by atoms with Gasteiger partial charge in [0.1, 0.15) is 5.75 Å². The summed E-state index contributed by atoms with van der Waals surface area (Å²) in [5, 5.41) is 10.8. The Bertz CT molecular complexity index is 632. The number of para-hydroxylation sites is 1. The molecule has 0 bridgehead atoms. The van der Waals surface area contributed by atoms with Gasteiger partial charge in [0.25, 0.3) is 5.69 Å². The van der Waals surface area contributed by atoms with Gasteiger partial charge < -0.3 is 16.2 Å². The number of hydrogen-bond donors (Lipinski definition) is 2. The summed E-state index contributed by atoms with van der Waals surface area (Å²) in [5.41, 5.74) is 12.9. The SMILES string of the molecule is Nc1c(OCCC(N)Cc2ccccc2)cccc1[N+](=O)[O-]. The van der Waals surface area contributed by atoms with Crippen LogP contribution in [0.4, 0.5) is 11.4 Å². The first-order chi connectivity index (χ1) is 10.6. The van der Waals surface area contributed by atoms with Gasteiger partial charge >= 0.3 is 0 Å². The molecule has 2 aromatic carbocycles. The molecule has 6 nitrogen and oxygen atoms in total. The number of nitrogens with zero attached hydrogens (tertiary/aromatic N) is 1. The smallest absolute Gasteiger partial charge is 0.295 e. The lowest BCUT2D eigenvalue weighted by Gasteiger charge is -2.13. The molecule has 6 heteroatoms. The Hall–Kier alpha value is -2.60. The second kappa shape index (κ2) is 7.42. The second-order valence-electron chi connectivity index (χ2n) is 5.03. The van der Waals surface area contributed by atoms with Crippen LogP contribution in [0.1, 0.15) is 12.0 Å². The number of benzene rings is 2. The van der Waals surface area contributed by atoms with Crippen LogP contribution in [0.15, 0.2) is 48.5 Å². The van der Waals surface area contributed by atoms with Gasteiger partial charge in [-0.25, -0.2) is 0 Å². The van der Waals surface area contributed by atoms with Crippen LogP contribution >= 0.6 is 0 Å². The summed E-state index contributed by atoms with van der Waals surface area (Å²) in [6, 6.07) is 14.4. The first-order valence-corrected chi connectivity index (χ1v) is 7.03. The number of nitrogen functional groups attached to an aromatic ring is 1. The molecule has 2 aromatic rings. The Morgan fingerprint density at radius 2 is 1.86 bits per heavy atom. The third-order valence-corrected chi connectivity index (χ3v) is 3.33. The predicted octanol–water partition coefficient (Wildman–Crippen LogP) is 2.52. The minimum Gasteiger partial charge on any atom is -0.491 e.